The van der Waals surface area contributed by atoms with Crippen molar-refractivity contribution in [3.63, 3.8) is 0 Å². The summed E-state index contributed by atoms with van der Waals surface area (Å²) in [7, 11) is 0. The second-order valence-corrected chi connectivity index (χ2v) is 7.13. The first-order chi connectivity index (χ1) is 14.3. The minimum atomic E-state index is -4.93. The van der Waals surface area contributed by atoms with Gasteiger partial charge in [0.1, 0.15) is 12.4 Å². The van der Waals surface area contributed by atoms with E-state index in [9.17, 15) is 18.3 Å². The summed E-state index contributed by atoms with van der Waals surface area (Å²) < 4.78 is 48.6. The van der Waals surface area contributed by atoms with Crippen LogP contribution in [0.3, 0.4) is 0 Å². The van der Waals surface area contributed by atoms with Gasteiger partial charge < -0.3 is 9.84 Å². The van der Waals surface area contributed by atoms with Crippen LogP contribution in [0.25, 0.3) is 16.6 Å². The van der Waals surface area contributed by atoms with Crippen molar-refractivity contribution < 1.29 is 23.0 Å². The number of aromatic nitrogens is 2. The average Bonchev–Trinajstić information content (AvgIpc) is 3.16. The van der Waals surface area contributed by atoms with Crippen LogP contribution in [0.1, 0.15) is 11.1 Å². The lowest BCUT2D eigenvalue weighted by Gasteiger charge is -2.30. The van der Waals surface area contributed by atoms with E-state index >= 15 is 0 Å². The van der Waals surface area contributed by atoms with Gasteiger partial charge in [-0.2, -0.15) is 18.3 Å². The highest BCUT2D eigenvalue weighted by Gasteiger charge is 2.56. The van der Waals surface area contributed by atoms with Crippen LogP contribution in [0.4, 0.5) is 13.2 Å². The summed E-state index contributed by atoms with van der Waals surface area (Å²) in [6.45, 7) is 0.901. The monoisotopic (exact) mass is 412 g/mol. The second kappa shape index (κ2) is 7.50. The predicted molar refractivity (Wildman–Crippen MR) is 108 cm³/mol. The van der Waals surface area contributed by atoms with E-state index in [1.165, 1.54) is 24.4 Å². The molecule has 154 valence electrons. The number of hydrogen-bond acceptors (Lipinski definition) is 3. The third kappa shape index (κ3) is 3.64. The molecule has 1 N–H and O–H groups in total. The lowest BCUT2D eigenvalue weighted by Crippen LogP contribution is -2.47. The topological polar surface area (TPSA) is 47.3 Å². The summed E-state index contributed by atoms with van der Waals surface area (Å²) in [4.78, 5) is 0. The number of alkyl halides is 3. The van der Waals surface area contributed by atoms with Crippen LogP contribution in [0, 0.1) is 6.92 Å². The third-order valence-corrected chi connectivity index (χ3v) is 4.98. The SMILES string of the molecule is Cc1ccc(OCC(O)(c2ccc3c(cnn3-c3ccccc3)c2)C(F)(F)F)cc1. The van der Waals surface area contributed by atoms with Crippen molar-refractivity contribution in [2.24, 2.45) is 0 Å². The van der Waals surface area contributed by atoms with Gasteiger partial charge in [-0.25, -0.2) is 4.68 Å². The molecule has 4 aromatic rings. The summed E-state index contributed by atoms with van der Waals surface area (Å²) >= 11 is 0. The number of ether oxygens (including phenoxy) is 1. The Hall–Kier alpha value is -3.32. The Labute approximate surface area is 171 Å². The van der Waals surface area contributed by atoms with Crippen LogP contribution in [0.5, 0.6) is 5.75 Å². The van der Waals surface area contributed by atoms with Crippen LogP contribution in [-0.2, 0) is 5.60 Å². The number of nitrogens with zero attached hydrogens (tertiary/aromatic N) is 2. The quantitative estimate of drug-likeness (QED) is 0.492. The van der Waals surface area contributed by atoms with Gasteiger partial charge in [0.25, 0.3) is 0 Å². The zero-order valence-corrected chi connectivity index (χ0v) is 16.1. The summed E-state index contributed by atoms with van der Waals surface area (Å²) in [5, 5.41) is 15.4. The predicted octanol–water partition coefficient (Wildman–Crippen LogP) is 5.16. The molecule has 0 aliphatic heterocycles. The molecule has 3 aromatic carbocycles. The van der Waals surface area contributed by atoms with E-state index in [1.807, 2.05) is 37.3 Å². The van der Waals surface area contributed by atoms with E-state index in [2.05, 4.69) is 5.10 Å². The molecule has 7 heteroatoms. The first-order valence-corrected chi connectivity index (χ1v) is 9.30. The highest BCUT2D eigenvalue weighted by atomic mass is 19.4. The first kappa shape index (κ1) is 20.0. The zero-order valence-electron chi connectivity index (χ0n) is 16.1. The lowest BCUT2D eigenvalue weighted by atomic mass is 9.93. The Balaban J connectivity index is 1.69. The van der Waals surface area contributed by atoms with E-state index in [-0.39, 0.29) is 11.3 Å². The molecule has 0 saturated heterocycles. The zero-order chi connectivity index (χ0) is 21.4. The minimum Gasteiger partial charge on any atom is -0.490 e. The molecule has 1 unspecified atom stereocenters. The lowest BCUT2D eigenvalue weighted by molar-refractivity contribution is -0.275. The highest BCUT2D eigenvalue weighted by molar-refractivity contribution is 5.81. The Bertz CT molecular complexity index is 1150. The van der Waals surface area contributed by atoms with Crippen molar-refractivity contribution in [2.75, 3.05) is 6.61 Å². The molecule has 1 heterocycles. The molecule has 4 nitrogen and oxygen atoms in total. The number of aryl methyl sites for hydroxylation is 1. The molecule has 0 aliphatic carbocycles. The number of para-hydroxylation sites is 1. The highest BCUT2D eigenvalue weighted by Crippen LogP contribution is 2.40. The number of hydrogen-bond donors (Lipinski definition) is 1. The van der Waals surface area contributed by atoms with Crippen molar-refractivity contribution in [1.29, 1.82) is 0 Å². The normalized spacial score (nSPS) is 13.9. The van der Waals surface area contributed by atoms with Gasteiger partial charge in [0, 0.05) is 5.39 Å². The summed E-state index contributed by atoms with van der Waals surface area (Å²) in [6, 6.07) is 19.9. The molecule has 0 fully saturated rings. The average molecular weight is 412 g/mol. The molecule has 0 radical (unpaired) electrons. The Morgan fingerprint density at radius 2 is 1.67 bits per heavy atom. The van der Waals surface area contributed by atoms with E-state index in [4.69, 9.17) is 4.74 Å². The fourth-order valence-corrected chi connectivity index (χ4v) is 3.22. The maximum Gasteiger partial charge on any atom is 0.424 e. The fourth-order valence-electron chi connectivity index (χ4n) is 3.22. The van der Waals surface area contributed by atoms with Crippen LogP contribution in [0.15, 0.2) is 79.0 Å². The molecular weight excluding hydrogens is 393 g/mol. The number of fused-ring (bicyclic) bond motifs is 1. The number of halogens is 3. The van der Waals surface area contributed by atoms with Gasteiger partial charge >= 0.3 is 6.18 Å². The number of benzene rings is 3. The standard InChI is InChI=1S/C23H19F3N2O2/c1-16-7-10-20(11-8-16)30-15-22(29,23(24,25)26)18-9-12-21-17(13-18)14-27-28(21)19-5-3-2-4-6-19/h2-14,29H,15H2,1H3. The Kier molecular flexibility index (Phi) is 4.99. The van der Waals surface area contributed by atoms with Crippen molar-refractivity contribution in [3.8, 4) is 11.4 Å². The van der Waals surface area contributed by atoms with Crippen molar-refractivity contribution >= 4 is 10.9 Å². The third-order valence-electron chi connectivity index (χ3n) is 4.98. The van der Waals surface area contributed by atoms with Gasteiger partial charge in [-0.3, -0.25) is 0 Å². The molecule has 30 heavy (non-hydrogen) atoms. The smallest absolute Gasteiger partial charge is 0.424 e. The van der Waals surface area contributed by atoms with E-state index < -0.39 is 18.4 Å². The van der Waals surface area contributed by atoms with Crippen LogP contribution in [-0.4, -0.2) is 27.7 Å². The number of rotatable bonds is 5. The van der Waals surface area contributed by atoms with Crippen molar-refractivity contribution in [2.45, 2.75) is 18.7 Å². The molecular formula is C23H19F3N2O2. The molecule has 0 bridgehead atoms. The van der Waals surface area contributed by atoms with Crippen molar-refractivity contribution in [1.82, 2.24) is 9.78 Å². The van der Waals surface area contributed by atoms with Crippen molar-refractivity contribution in [3.05, 3.63) is 90.1 Å². The number of aliphatic hydroxyl groups is 1. The molecule has 1 aromatic heterocycles. The maximum atomic E-state index is 13.9. The maximum absolute atomic E-state index is 13.9. The van der Waals surface area contributed by atoms with Gasteiger partial charge in [-0.05, 0) is 48.9 Å². The summed E-state index contributed by atoms with van der Waals surface area (Å²) in [6.07, 6.45) is -3.45. The molecule has 0 amide bonds. The van der Waals surface area contributed by atoms with Crippen LogP contribution < -0.4 is 4.74 Å². The van der Waals surface area contributed by atoms with Gasteiger partial charge in [-0.15, -0.1) is 0 Å². The Morgan fingerprint density at radius 3 is 2.33 bits per heavy atom. The Morgan fingerprint density at radius 1 is 0.967 bits per heavy atom. The molecule has 0 spiro atoms. The molecule has 0 saturated carbocycles. The fraction of sp³-hybridized carbons (Fsp3) is 0.174. The summed E-state index contributed by atoms with van der Waals surface area (Å²) in [5.74, 6) is 0.251. The van der Waals surface area contributed by atoms with Gasteiger partial charge in [-0.1, -0.05) is 42.0 Å². The second-order valence-electron chi connectivity index (χ2n) is 7.13. The first-order valence-electron chi connectivity index (χ1n) is 9.30. The summed E-state index contributed by atoms with van der Waals surface area (Å²) in [5.41, 5.74) is -1.10. The van der Waals surface area contributed by atoms with Crippen LogP contribution in [0.2, 0.25) is 0 Å². The van der Waals surface area contributed by atoms with Gasteiger partial charge in [0.05, 0.1) is 17.4 Å². The van der Waals surface area contributed by atoms with Crippen LogP contribution >= 0.6 is 0 Å². The largest absolute Gasteiger partial charge is 0.490 e. The van der Waals surface area contributed by atoms with E-state index in [1.54, 1.807) is 28.9 Å². The van der Waals surface area contributed by atoms with Gasteiger partial charge in [0.2, 0.25) is 5.60 Å². The van der Waals surface area contributed by atoms with E-state index in [0.717, 1.165) is 11.3 Å². The van der Waals surface area contributed by atoms with Gasteiger partial charge in [0.15, 0.2) is 0 Å². The molecule has 4 rings (SSSR count). The molecule has 1 atom stereocenters. The minimum absolute atomic E-state index is 0.251. The van der Waals surface area contributed by atoms with E-state index in [0.29, 0.717) is 10.9 Å². The molecule has 0 aliphatic rings.